The minimum absolute atomic E-state index is 0.00639. The van der Waals surface area contributed by atoms with Gasteiger partial charge >= 0.3 is 0 Å². The average molecular weight is 603 g/mol. The van der Waals surface area contributed by atoms with Gasteiger partial charge in [-0.25, -0.2) is 0 Å². The second-order valence-electron chi connectivity index (χ2n) is 12.0. The molecule has 8 unspecified atom stereocenters. The van der Waals surface area contributed by atoms with Crippen LogP contribution in [-0.4, -0.2) is 87.3 Å². The van der Waals surface area contributed by atoms with Gasteiger partial charge in [-0.1, -0.05) is 11.6 Å². The number of hydrogen-bond acceptors (Lipinski definition) is 9. The number of rotatable bonds is 13. The maximum absolute atomic E-state index is 12.8. The number of nitrogens with zero attached hydrogens (tertiary/aromatic N) is 3. The lowest BCUT2D eigenvalue weighted by molar-refractivity contribution is -0.123. The summed E-state index contributed by atoms with van der Waals surface area (Å²) >= 11 is 6.65. The van der Waals surface area contributed by atoms with E-state index in [2.05, 4.69) is 40.9 Å². The number of nitriles is 1. The van der Waals surface area contributed by atoms with E-state index in [1.807, 2.05) is 39.2 Å². The summed E-state index contributed by atoms with van der Waals surface area (Å²) in [7, 11) is 4.01. The average Bonchev–Trinajstić information content (AvgIpc) is 3.27. The monoisotopic (exact) mass is 602 g/mol. The lowest BCUT2D eigenvalue weighted by atomic mass is 9.72. The van der Waals surface area contributed by atoms with E-state index in [0.29, 0.717) is 55.7 Å². The Hall–Kier alpha value is -2.42. The molecule has 1 saturated carbocycles. The SMILES string of the molecule is CCOC1CC2=NCC(C#N)C(Nc3ccc(OCCC4C(C)NOC4C)c(Cl)c3)C2CC1NC(=O)CCCN(C)C. The molecule has 4 rings (SSSR count). The van der Waals surface area contributed by atoms with E-state index in [0.717, 1.165) is 30.8 Å². The highest BCUT2D eigenvalue weighted by atomic mass is 35.5. The van der Waals surface area contributed by atoms with Crippen molar-refractivity contribution in [2.45, 2.75) is 83.2 Å². The fourth-order valence-corrected chi connectivity index (χ4v) is 6.63. The Morgan fingerprint density at radius 3 is 2.81 bits per heavy atom. The van der Waals surface area contributed by atoms with Crippen molar-refractivity contribution in [1.29, 1.82) is 5.26 Å². The van der Waals surface area contributed by atoms with Crippen molar-refractivity contribution in [2.24, 2.45) is 22.7 Å². The maximum atomic E-state index is 12.8. The smallest absolute Gasteiger partial charge is 0.220 e. The summed E-state index contributed by atoms with van der Waals surface area (Å²) in [5.41, 5.74) is 4.91. The van der Waals surface area contributed by atoms with Crippen LogP contribution in [-0.2, 0) is 14.4 Å². The number of hydrogen-bond donors (Lipinski definition) is 3. The quantitative estimate of drug-likeness (QED) is 0.309. The number of fused-ring (bicyclic) bond motifs is 1. The van der Waals surface area contributed by atoms with Crippen LogP contribution in [0.5, 0.6) is 5.75 Å². The van der Waals surface area contributed by atoms with Crippen molar-refractivity contribution in [3.8, 4) is 11.8 Å². The van der Waals surface area contributed by atoms with Gasteiger partial charge in [0.1, 0.15) is 5.75 Å². The third-order valence-electron chi connectivity index (χ3n) is 8.71. The molecule has 2 fully saturated rings. The first-order chi connectivity index (χ1) is 20.2. The van der Waals surface area contributed by atoms with Crippen molar-refractivity contribution >= 4 is 28.9 Å². The van der Waals surface area contributed by atoms with Gasteiger partial charge in [-0.3, -0.25) is 14.6 Å². The lowest BCUT2D eigenvalue weighted by Gasteiger charge is -2.44. The van der Waals surface area contributed by atoms with E-state index in [9.17, 15) is 10.1 Å². The molecule has 1 aromatic carbocycles. The van der Waals surface area contributed by atoms with Crippen LogP contribution in [0.3, 0.4) is 0 Å². The van der Waals surface area contributed by atoms with E-state index in [4.69, 9.17) is 30.9 Å². The predicted octanol–water partition coefficient (Wildman–Crippen LogP) is 4.05. The summed E-state index contributed by atoms with van der Waals surface area (Å²) in [5, 5.41) is 17.4. The first-order valence-corrected chi connectivity index (χ1v) is 15.7. The molecule has 0 aromatic heterocycles. The molecule has 0 bridgehead atoms. The Morgan fingerprint density at radius 1 is 1.33 bits per heavy atom. The molecule has 1 amide bonds. The van der Waals surface area contributed by atoms with Crippen molar-refractivity contribution in [1.82, 2.24) is 15.7 Å². The zero-order valence-electron chi connectivity index (χ0n) is 25.6. The number of carbonyl (C=O) groups is 1. The molecule has 42 heavy (non-hydrogen) atoms. The van der Waals surface area contributed by atoms with E-state index in [1.54, 1.807) is 0 Å². The van der Waals surface area contributed by atoms with E-state index in [1.165, 1.54) is 0 Å². The molecule has 2 heterocycles. The van der Waals surface area contributed by atoms with Gasteiger partial charge in [-0.15, -0.1) is 0 Å². The Kier molecular flexibility index (Phi) is 11.9. The van der Waals surface area contributed by atoms with Gasteiger partial charge in [-0.05, 0) is 78.9 Å². The topological polar surface area (TPSA) is 120 Å². The number of aliphatic imine (C=N–C) groups is 1. The zero-order valence-corrected chi connectivity index (χ0v) is 26.3. The number of hydroxylamine groups is 1. The summed E-state index contributed by atoms with van der Waals surface area (Å²) < 4.78 is 12.1. The highest BCUT2D eigenvalue weighted by molar-refractivity contribution is 6.32. The Balaban J connectivity index is 1.41. The first-order valence-electron chi connectivity index (χ1n) is 15.3. The largest absolute Gasteiger partial charge is 0.492 e. The summed E-state index contributed by atoms with van der Waals surface area (Å²) in [6.07, 6.45) is 3.43. The van der Waals surface area contributed by atoms with Crippen LogP contribution >= 0.6 is 11.6 Å². The number of carbonyl (C=O) groups excluding carboxylic acids is 1. The van der Waals surface area contributed by atoms with Gasteiger partial charge in [0.25, 0.3) is 0 Å². The third-order valence-corrected chi connectivity index (χ3v) is 9.01. The Labute approximate surface area is 255 Å². The number of halogens is 1. The second-order valence-corrected chi connectivity index (χ2v) is 12.4. The predicted molar refractivity (Wildman–Crippen MR) is 165 cm³/mol. The van der Waals surface area contributed by atoms with Gasteiger partial charge in [0.15, 0.2) is 0 Å². The number of anilines is 1. The van der Waals surface area contributed by atoms with Crippen LogP contribution in [0.1, 0.15) is 52.9 Å². The van der Waals surface area contributed by atoms with E-state index < -0.39 is 0 Å². The maximum Gasteiger partial charge on any atom is 0.220 e. The summed E-state index contributed by atoms with van der Waals surface area (Å²) in [4.78, 5) is 25.2. The van der Waals surface area contributed by atoms with Crippen LogP contribution in [0.2, 0.25) is 5.02 Å². The standard InChI is InChI=1S/C31H47ClN6O4/c1-6-40-29-16-26-24(15-27(29)36-30(39)8-7-12-38(4)5)31(21(17-33)18-34-26)35-22-9-10-28(25(32)14-22)41-13-11-23-19(2)37-42-20(23)3/h9-10,14,19-21,23-24,27,29,31,35,37H,6-8,11-13,15-16,18H2,1-5H3,(H,36,39). The molecule has 10 nitrogen and oxygen atoms in total. The normalized spacial score (nSPS) is 30.8. The molecular weight excluding hydrogens is 556 g/mol. The van der Waals surface area contributed by atoms with Crippen LogP contribution < -0.4 is 20.9 Å². The Morgan fingerprint density at radius 2 is 2.14 bits per heavy atom. The molecule has 0 radical (unpaired) electrons. The fraction of sp³-hybridized carbons (Fsp3) is 0.710. The number of amides is 1. The molecule has 11 heteroatoms. The summed E-state index contributed by atoms with van der Waals surface area (Å²) in [6, 6.07) is 8.11. The van der Waals surface area contributed by atoms with Crippen molar-refractivity contribution in [3.63, 3.8) is 0 Å². The first kappa shape index (κ1) is 32.5. The molecule has 3 aliphatic rings. The summed E-state index contributed by atoms with van der Waals surface area (Å²) in [6.45, 7) is 8.56. The number of nitrogens with one attached hydrogen (secondary N) is 3. The zero-order chi connectivity index (χ0) is 30.2. The fourth-order valence-electron chi connectivity index (χ4n) is 6.39. The molecule has 1 aliphatic carbocycles. The van der Waals surface area contributed by atoms with Crippen molar-refractivity contribution in [2.75, 3.05) is 45.7 Å². The molecule has 1 aromatic rings. The van der Waals surface area contributed by atoms with Gasteiger partial charge < -0.3 is 25.0 Å². The van der Waals surface area contributed by atoms with Crippen LogP contribution in [0.15, 0.2) is 23.2 Å². The molecule has 1 saturated heterocycles. The Bertz CT molecular complexity index is 1120. The van der Waals surface area contributed by atoms with Crippen LogP contribution in [0, 0.1) is 29.1 Å². The van der Waals surface area contributed by atoms with Gasteiger partial charge in [0.2, 0.25) is 5.91 Å². The lowest BCUT2D eigenvalue weighted by Crippen LogP contribution is -2.56. The van der Waals surface area contributed by atoms with Crippen molar-refractivity contribution in [3.05, 3.63) is 23.2 Å². The highest BCUT2D eigenvalue weighted by Crippen LogP contribution is 2.36. The highest BCUT2D eigenvalue weighted by Gasteiger charge is 2.44. The van der Waals surface area contributed by atoms with Gasteiger partial charge in [-0.2, -0.15) is 10.7 Å². The minimum Gasteiger partial charge on any atom is -0.492 e. The third kappa shape index (κ3) is 8.35. The summed E-state index contributed by atoms with van der Waals surface area (Å²) in [5.74, 6) is 0.727. The van der Waals surface area contributed by atoms with Gasteiger partial charge in [0, 0.05) is 48.7 Å². The molecular formula is C31H47ClN6O4. The van der Waals surface area contributed by atoms with Crippen LogP contribution in [0.4, 0.5) is 5.69 Å². The molecule has 8 atom stereocenters. The number of ether oxygens (including phenoxy) is 2. The second kappa shape index (κ2) is 15.3. The molecule has 232 valence electrons. The molecule has 0 spiro atoms. The molecule has 2 aliphatic heterocycles. The van der Waals surface area contributed by atoms with Crippen LogP contribution in [0.25, 0.3) is 0 Å². The minimum atomic E-state index is -0.306. The van der Waals surface area contributed by atoms with Crippen molar-refractivity contribution < 1.29 is 19.1 Å². The van der Waals surface area contributed by atoms with E-state index >= 15 is 0 Å². The van der Waals surface area contributed by atoms with Gasteiger partial charge in [0.05, 0.1) is 54.5 Å². The van der Waals surface area contributed by atoms with E-state index in [-0.39, 0.29) is 48.1 Å². The molecule has 3 N–H and O–H groups in total. The number of benzene rings is 1.